The van der Waals surface area contributed by atoms with Crippen molar-refractivity contribution in [3.63, 3.8) is 0 Å². The lowest BCUT2D eigenvalue weighted by Crippen LogP contribution is -1.96. The minimum absolute atomic E-state index is 0.551. The van der Waals surface area contributed by atoms with Gasteiger partial charge in [-0.3, -0.25) is 0 Å². The summed E-state index contributed by atoms with van der Waals surface area (Å²) in [5, 5.41) is 3.06. The van der Waals surface area contributed by atoms with Gasteiger partial charge < -0.3 is 0 Å². The lowest BCUT2D eigenvalue weighted by molar-refractivity contribution is 0.869. The summed E-state index contributed by atoms with van der Waals surface area (Å²) < 4.78 is 0. The van der Waals surface area contributed by atoms with Crippen molar-refractivity contribution >= 4 is 35.1 Å². The van der Waals surface area contributed by atoms with Crippen molar-refractivity contribution in [1.29, 1.82) is 0 Å². The van der Waals surface area contributed by atoms with E-state index in [0.717, 1.165) is 15.4 Å². The van der Waals surface area contributed by atoms with E-state index in [4.69, 9.17) is 11.6 Å². The summed E-state index contributed by atoms with van der Waals surface area (Å²) in [6, 6.07) is 1.87. The van der Waals surface area contributed by atoms with Gasteiger partial charge in [-0.25, -0.2) is 9.97 Å². The van der Waals surface area contributed by atoms with Crippen LogP contribution in [0.3, 0.4) is 0 Å². The highest BCUT2D eigenvalue weighted by atomic mass is 35.5. The van der Waals surface area contributed by atoms with Crippen molar-refractivity contribution in [1.82, 2.24) is 9.97 Å². The van der Waals surface area contributed by atoms with Crippen LogP contribution in [0.25, 0.3) is 0 Å². The van der Waals surface area contributed by atoms with Gasteiger partial charge in [0.1, 0.15) is 10.2 Å². The van der Waals surface area contributed by atoms with E-state index in [2.05, 4.69) is 9.97 Å². The molecule has 82 valence electrons. The maximum atomic E-state index is 5.94. The van der Waals surface area contributed by atoms with Gasteiger partial charge in [-0.2, -0.15) is 0 Å². The van der Waals surface area contributed by atoms with Crippen molar-refractivity contribution in [2.75, 3.05) is 6.26 Å². The predicted molar refractivity (Wildman–Crippen MR) is 66.9 cm³/mol. The Labute approximate surface area is 104 Å². The fraction of sp³-hybridized carbons (Fsp3) is 0.600. The predicted octanol–water partition coefficient (Wildman–Crippen LogP) is 3.89. The summed E-state index contributed by atoms with van der Waals surface area (Å²) >= 11 is 9.32. The monoisotopic (exact) mass is 260 g/mol. The van der Waals surface area contributed by atoms with E-state index >= 15 is 0 Å². The van der Waals surface area contributed by atoms with Gasteiger partial charge in [0.25, 0.3) is 0 Å². The molecule has 2 nitrogen and oxygen atoms in total. The molecule has 1 aromatic heterocycles. The molecule has 2 rings (SSSR count). The van der Waals surface area contributed by atoms with E-state index in [9.17, 15) is 0 Å². The Morgan fingerprint density at radius 3 is 2.73 bits per heavy atom. The van der Waals surface area contributed by atoms with Crippen molar-refractivity contribution in [2.45, 2.75) is 41.1 Å². The minimum Gasteiger partial charge on any atom is -0.216 e. The number of halogens is 1. The van der Waals surface area contributed by atoms with Gasteiger partial charge >= 0.3 is 0 Å². The van der Waals surface area contributed by atoms with Gasteiger partial charge in [-0.05, 0) is 19.1 Å². The summed E-state index contributed by atoms with van der Waals surface area (Å²) in [7, 11) is 0. The Morgan fingerprint density at radius 1 is 1.33 bits per heavy atom. The molecular formula is C10H13ClN2S2. The number of nitrogens with zero attached hydrogens (tertiary/aromatic N) is 2. The molecule has 1 aliphatic carbocycles. The highest BCUT2D eigenvalue weighted by Gasteiger charge is 2.17. The van der Waals surface area contributed by atoms with Crippen LogP contribution in [0.1, 0.15) is 25.7 Å². The molecule has 1 aliphatic rings. The molecule has 5 heteroatoms. The second kappa shape index (κ2) is 5.41. The molecule has 0 radical (unpaired) electrons. The Morgan fingerprint density at radius 2 is 2.07 bits per heavy atom. The molecular weight excluding hydrogens is 248 g/mol. The molecule has 0 N–H and O–H groups in total. The van der Waals surface area contributed by atoms with Crippen LogP contribution in [0.5, 0.6) is 0 Å². The van der Waals surface area contributed by atoms with E-state index < -0.39 is 0 Å². The number of hydrogen-bond acceptors (Lipinski definition) is 4. The summed E-state index contributed by atoms with van der Waals surface area (Å²) in [6.45, 7) is 0. The van der Waals surface area contributed by atoms with Gasteiger partial charge in [0, 0.05) is 11.3 Å². The van der Waals surface area contributed by atoms with Gasteiger partial charge in [0.2, 0.25) is 0 Å². The maximum absolute atomic E-state index is 5.94. The number of rotatable bonds is 3. The molecule has 0 saturated heterocycles. The second-order valence-corrected chi connectivity index (χ2v) is 6.02. The summed E-state index contributed by atoms with van der Waals surface area (Å²) in [5.74, 6) is 0. The van der Waals surface area contributed by atoms with Gasteiger partial charge in [0.05, 0.1) is 0 Å². The van der Waals surface area contributed by atoms with E-state index in [1.807, 2.05) is 24.1 Å². The first-order chi connectivity index (χ1) is 7.28. The van der Waals surface area contributed by atoms with Crippen molar-refractivity contribution in [3.8, 4) is 0 Å². The van der Waals surface area contributed by atoms with Crippen LogP contribution in [0.4, 0.5) is 0 Å². The molecule has 1 heterocycles. The molecule has 0 unspecified atom stereocenters. The third kappa shape index (κ3) is 3.26. The molecule has 0 amide bonds. The highest BCUT2D eigenvalue weighted by molar-refractivity contribution is 8.00. The lowest BCUT2D eigenvalue weighted by atomic mass is 10.4. The number of thioether (sulfide) groups is 2. The van der Waals surface area contributed by atoms with Crippen molar-refractivity contribution in [2.24, 2.45) is 0 Å². The van der Waals surface area contributed by atoms with E-state index in [1.165, 1.54) is 37.4 Å². The van der Waals surface area contributed by atoms with Crippen molar-refractivity contribution < 1.29 is 0 Å². The molecule has 1 aromatic rings. The zero-order valence-electron chi connectivity index (χ0n) is 8.57. The number of aromatic nitrogens is 2. The summed E-state index contributed by atoms with van der Waals surface area (Å²) in [5.41, 5.74) is 0. The molecule has 1 saturated carbocycles. The smallest absolute Gasteiger partial charge is 0.189 e. The van der Waals surface area contributed by atoms with Crippen LogP contribution in [0, 0.1) is 0 Å². The first-order valence-corrected chi connectivity index (χ1v) is 7.51. The molecule has 0 bridgehead atoms. The standard InChI is InChI=1S/C10H13ClN2S2/c1-14-10-12-8(11)6-9(13-10)15-7-4-2-3-5-7/h6-7H,2-5H2,1H3. The molecule has 0 aliphatic heterocycles. The molecule has 0 atom stereocenters. The Hall–Kier alpha value is 0.0700. The van der Waals surface area contributed by atoms with Crippen LogP contribution in [0.2, 0.25) is 5.15 Å². The first kappa shape index (κ1) is 11.6. The lowest BCUT2D eigenvalue weighted by Gasteiger charge is -2.08. The third-order valence-corrected chi connectivity index (χ3v) is 4.42. The minimum atomic E-state index is 0.551. The fourth-order valence-electron chi connectivity index (χ4n) is 1.71. The molecule has 0 spiro atoms. The van der Waals surface area contributed by atoms with Gasteiger partial charge in [-0.1, -0.05) is 36.2 Å². The van der Waals surface area contributed by atoms with Gasteiger partial charge in [0.15, 0.2) is 5.16 Å². The normalized spacial score (nSPS) is 17.2. The molecule has 15 heavy (non-hydrogen) atoms. The quantitative estimate of drug-likeness (QED) is 0.468. The van der Waals surface area contributed by atoms with Crippen LogP contribution in [0.15, 0.2) is 16.2 Å². The van der Waals surface area contributed by atoms with Crippen LogP contribution < -0.4 is 0 Å². The SMILES string of the molecule is CSc1nc(Cl)cc(SC2CCCC2)n1. The average Bonchev–Trinajstić information content (AvgIpc) is 2.69. The number of hydrogen-bond donors (Lipinski definition) is 0. The topological polar surface area (TPSA) is 25.8 Å². The first-order valence-electron chi connectivity index (χ1n) is 5.03. The Bertz CT molecular complexity index is 340. The molecule has 1 fully saturated rings. The van der Waals surface area contributed by atoms with E-state index in [1.54, 1.807) is 0 Å². The zero-order chi connectivity index (χ0) is 10.7. The summed E-state index contributed by atoms with van der Waals surface area (Å²) in [6.07, 6.45) is 7.29. The highest BCUT2D eigenvalue weighted by Crippen LogP contribution is 2.34. The second-order valence-electron chi connectivity index (χ2n) is 3.54. The largest absolute Gasteiger partial charge is 0.216 e. The Balaban J connectivity index is 2.09. The average molecular weight is 261 g/mol. The van der Waals surface area contributed by atoms with Crippen LogP contribution >= 0.6 is 35.1 Å². The fourth-order valence-corrected chi connectivity index (χ4v) is 3.67. The van der Waals surface area contributed by atoms with Crippen LogP contribution in [-0.4, -0.2) is 21.5 Å². The summed E-state index contributed by atoms with van der Waals surface area (Å²) in [4.78, 5) is 8.58. The third-order valence-electron chi connectivity index (χ3n) is 2.42. The Kier molecular flexibility index (Phi) is 4.17. The van der Waals surface area contributed by atoms with E-state index in [0.29, 0.717) is 5.15 Å². The molecule has 0 aromatic carbocycles. The van der Waals surface area contributed by atoms with Gasteiger partial charge in [-0.15, -0.1) is 11.8 Å². The maximum Gasteiger partial charge on any atom is 0.189 e. The van der Waals surface area contributed by atoms with Crippen molar-refractivity contribution in [3.05, 3.63) is 11.2 Å². The van der Waals surface area contributed by atoms with Crippen LogP contribution in [-0.2, 0) is 0 Å². The van der Waals surface area contributed by atoms with E-state index in [-0.39, 0.29) is 0 Å². The zero-order valence-corrected chi connectivity index (χ0v) is 11.0.